The molecule has 0 aliphatic rings. The van der Waals surface area contributed by atoms with E-state index in [1.54, 1.807) is 24.3 Å². The number of ether oxygens (including phenoxy) is 1. The molecular weight excluding hydrogens is 330 g/mol. The van der Waals surface area contributed by atoms with Crippen LogP contribution in [0.5, 0.6) is 0 Å². The fourth-order valence-electron chi connectivity index (χ4n) is 2.70. The summed E-state index contributed by atoms with van der Waals surface area (Å²) in [4.78, 5) is 22.3. The summed E-state index contributed by atoms with van der Waals surface area (Å²) >= 11 is 0. The lowest BCUT2D eigenvalue weighted by Gasteiger charge is -2.04. The first-order valence-electron chi connectivity index (χ1n) is 9.69. The molecule has 0 atom stereocenters. The lowest BCUT2D eigenvalue weighted by Crippen LogP contribution is -2.12. The van der Waals surface area contributed by atoms with Gasteiger partial charge in [-0.25, -0.2) is 0 Å². The third-order valence-electron chi connectivity index (χ3n) is 4.23. The van der Waals surface area contributed by atoms with Crippen LogP contribution in [0.15, 0.2) is 36.0 Å². The van der Waals surface area contributed by atoms with Crippen molar-refractivity contribution in [3.05, 3.63) is 51.7 Å². The third-order valence-corrected chi connectivity index (χ3v) is 4.23. The van der Waals surface area contributed by atoms with Gasteiger partial charge in [0, 0.05) is 12.5 Å². The number of rotatable bonds is 14. The molecule has 1 rings (SSSR count). The van der Waals surface area contributed by atoms with E-state index in [1.165, 1.54) is 44.6 Å². The van der Waals surface area contributed by atoms with Crippen molar-refractivity contribution in [3.63, 3.8) is 0 Å². The van der Waals surface area contributed by atoms with E-state index >= 15 is 0 Å². The zero-order chi connectivity index (χ0) is 19.0. The molecule has 0 unspecified atom stereocenters. The van der Waals surface area contributed by atoms with Crippen molar-refractivity contribution in [1.29, 1.82) is 0 Å². The summed E-state index contributed by atoms with van der Waals surface area (Å²) in [6, 6.07) is 8.99. The Labute approximate surface area is 156 Å². The van der Waals surface area contributed by atoms with Crippen LogP contribution in [-0.4, -0.2) is 17.5 Å². The summed E-state index contributed by atoms with van der Waals surface area (Å²) in [7, 11) is 0. The molecule has 0 spiro atoms. The quantitative estimate of drug-likeness (QED) is 0.183. The minimum atomic E-state index is -0.501. The van der Waals surface area contributed by atoms with E-state index in [4.69, 9.17) is 4.74 Å². The van der Waals surface area contributed by atoms with Crippen LogP contribution in [0, 0.1) is 10.1 Å². The second-order valence-corrected chi connectivity index (χ2v) is 6.54. The molecule has 26 heavy (non-hydrogen) atoms. The van der Waals surface area contributed by atoms with Gasteiger partial charge in [-0.05, 0) is 12.0 Å². The molecule has 0 aliphatic carbocycles. The van der Waals surface area contributed by atoms with Crippen LogP contribution in [0.25, 0.3) is 6.08 Å². The molecule has 144 valence electrons. The predicted octanol–water partition coefficient (Wildman–Crippen LogP) is 5.77. The molecule has 5 nitrogen and oxygen atoms in total. The van der Waals surface area contributed by atoms with Crippen LogP contribution in [0.2, 0.25) is 0 Å². The van der Waals surface area contributed by atoms with E-state index in [-0.39, 0.29) is 18.3 Å². The molecule has 0 heterocycles. The molecular formula is C21H31NO4. The van der Waals surface area contributed by atoms with Crippen molar-refractivity contribution < 1.29 is 14.5 Å². The van der Waals surface area contributed by atoms with Crippen molar-refractivity contribution in [1.82, 2.24) is 0 Å². The van der Waals surface area contributed by atoms with Gasteiger partial charge in [0.1, 0.15) is 0 Å². The minimum absolute atomic E-state index is 0.114. The zero-order valence-electron chi connectivity index (χ0n) is 15.8. The van der Waals surface area contributed by atoms with Gasteiger partial charge < -0.3 is 4.74 Å². The molecule has 0 radical (unpaired) electrons. The second kappa shape index (κ2) is 14.0. The van der Waals surface area contributed by atoms with Crippen molar-refractivity contribution in [2.45, 2.75) is 71.1 Å². The van der Waals surface area contributed by atoms with Crippen molar-refractivity contribution in [3.8, 4) is 0 Å². The molecule has 0 saturated carbocycles. The number of benzene rings is 1. The van der Waals surface area contributed by atoms with Gasteiger partial charge in [-0.15, -0.1) is 0 Å². The zero-order valence-corrected chi connectivity index (χ0v) is 15.8. The number of unbranched alkanes of at least 4 members (excludes halogenated alkanes) is 8. The van der Waals surface area contributed by atoms with Gasteiger partial charge in [-0.3, -0.25) is 14.9 Å². The highest BCUT2D eigenvalue weighted by atomic mass is 16.6. The maximum Gasteiger partial charge on any atom is 0.306 e. The van der Waals surface area contributed by atoms with Crippen LogP contribution >= 0.6 is 0 Å². The van der Waals surface area contributed by atoms with Crippen LogP contribution in [-0.2, 0) is 9.53 Å². The smallest absolute Gasteiger partial charge is 0.306 e. The fourth-order valence-corrected chi connectivity index (χ4v) is 2.70. The van der Waals surface area contributed by atoms with Gasteiger partial charge in [0.15, 0.2) is 6.61 Å². The predicted molar refractivity (Wildman–Crippen MR) is 104 cm³/mol. The Hall–Kier alpha value is -2.17. The largest absolute Gasteiger partial charge is 0.454 e. The van der Waals surface area contributed by atoms with Crippen molar-refractivity contribution in [2.24, 2.45) is 0 Å². The number of carbonyl (C=O) groups is 1. The standard InChI is InChI=1S/C21H31NO4/c1-2-3-4-5-6-7-8-9-13-16-21(23)26-18-20(22(24)25)17-19-14-11-10-12-15-19/h10-12,14-15,17H,2-9,13,16,18H2,1H3/b20-17+. The molecule has 0 aromatic heterocycles. The summed E-state index contributed by atoms with van der Waals surface area (Å²) in [5.41, 5.74) is 0.603. The average Bonchev–Trinajstić information content (AvgIpc) is 2.64. The molecule has 1 aromatic carbocycles. The SMILES string of the molecule is CCCCCCCCCCCC(=O)OC/C(=C\c1ccccc1)[N+](=O)[O-]. The summed E-state index contributed by atoms with van der Waals surface area (Å²) in [6.07, 6.45) is 12.4. The second-order valence-electron chi connectivity index (χ2n) is 6.54. The Kier molecular flexibility index (Phi) is 11.8. The highest BCUT2D eigenvalue weighted by molar-refractivity contribution is 5.69. The third kappa shape index (κ3) is 10.6. The van der Waals surface area contributed by atoms with Gasteiger partial charge in [0.05, 0.1) is 4.92 Å². The summed E-state index contributed by atoms with van der Waals surface area (Å²) in [5, 5.41) is 11.1. The van der Waals surface area contributed by atoms with Crippen molar-refractivity contribution >= 4 is 12.0 Å². The number of carbonyl (C=O) groups excluding carboxylic acids is 1. The first-order chi connectivity index (χ1) is 12.6. The molecule has 0 bridgehead atoms. The van der Waals surface area contributed by atoms with Crippen LogP contribution in [0.3, 0.4) is 0 Å². The number of hydrogen-bond donors (Lipinski definition) is 0. The maximum atomic E-state index is 11.8. The van der Waals surface area contributed by atoms with E-state index in [1.807, 2.05) is 6.07 Å². The highest BCUT2D eigenvalue weighted by Crippen LogP contribution is 2.12. The summed E-state index contributed by atoms with van der Waals surface area (Å²) in [5.74, 6) is -0.367. The maximum absolute atomic E-state index is 11.8. The van der Waals surface area contributed by atoms with Gasteiger partial charge in [0.25, 0.3) is 5.70 Å². The number of esters is 1. The Balaban J connectivity index is 2.18. The molecule has 0 fully saturated rings. The monoisotopic (exact) mass is 361 g/mol. The minimum Gasteiger partial charge on any atom is -0.454 e. The van der Waals surface area contributed by atoms with E-state index in [0.717, 1.165) is 19.3 Å². The Morgan fingerprint density at radius 1 is 1.00 bits per heavy atom. The highest BCUT2D eigenvalue weighted by Gasteiger charge is 2.14. The Morgan fingerprint density at radius 2 is 1.58 bits per heavy atom. The first-order valence-corrected chi connectivity index (χ1v) is 9.69. The first kappa shape index (κ1) is 21.9. The van der Waals surface area contributed by atoms with Crippen LogP contribution < -0.4 is 0 Å². The number of nitrogens with zero attached hydrogens (tertiary/aromatic N) is 1. The average molecular weight is 361 g/mol. The lowest BCUT2D eigenvalue weighted by atomic mass is 10.1. The Morgan fingerprint density at radius 3 is 2.15 bits per heavy atom. The van der Waals surface area contributed by atoms with Gasteiger partial charge in [-0.2, -0.15) is 0 Å². The molecule has 0 N–H and O–H groups in total. The van der Waals surface area contributed by atoms with Crippen molar-refractivity contribution in [2.75, 3.05) is 6.61 Å². The van der Waals surface area contributed by atoms with Gasteiger partial charge in [0.2, 0.25) is 0 Å². The van der Waals surface area contributed by atoms with E-state index < -0.39 is 4.92 Å². The van der Waals surface area contributed by atoms with Crippen LogP contribution in [0.1, 0.15) is 76.7 Å². The number of nitro groups is 1. The normalized spacial score (nSPS) is 11.3. The van der Waals surface area contributed by atoms with Gasteiger partial charge >= 0.3 is 5.97 Å². The van der Waals surface area contributed by atoms with E-state index in [0.29, 0.717) is 12.0 Å². The lowest BCUT2D eigenvalue weighted by molar-refractivity contribution is -0.428. The van der Waals surface area contributed by atoms with E-state index in [9.17, 15) is 14.9 Å². The molecule has 1 aromatic rings. The number of hydrogen-bond acceptors (Lipinski definition) is 4. The van der Waals surface area contributed by atoms with Crippen LogP contribution in [0.4, 0.5) is 0 Å². The summed E-state index contributed by atoms with van der Waals surface area (Å²) < 4.78 is 5.06. The topological polar surface area (TPSA) is 69.4 Å². The molecule has 0 aliphatic heterocycles. The molecule has 0 amide bonds. The van der Waals surface area contributed by atoms with Gasteiger partial charge in [-0.1, -0.05) is 88.6 Å². The summed E-state index contributed by atoms with van der Waals surface area (Å²) in [6.45, 7) is 1.92. The fraction of sp³-hybridized carbons (Fsp3) is 0.571. The molecule has 5 heteroatoms. The van der Waals surface area contributed by atoms with E-state index in [2.05, 4.69) is 6.92 Å². The Bertz CT molecular complexity index is 554. The molecule has 0 saturated heterocycles.